The molecule has 1 amide bonds. The van der Waals surface area contributed by atoms with Gasteiger partial charge in [-0.2, -0.15) is 5.10 Å². The number of carbonyl (C=O) groups excluding carboxylic acids is 1. The quantitative estimate of drug-likeness (QED) is 0.360. The van der Waals surface area contributed by atoms with Gasteiger partial charge in [0.15, 0.2) is 5.82 Å². The van der Waals surface area contributed by atoms with Crippen molar-refractivity contribution in [2.75, 3.05) is 43.9 Å². The largest absolute Gasteiger partial charge is 0.354 e. The van der Waals surface area contributed by atoms with Crippen LogP contribution in [0, 0.1) is 6.92 Å². The maximum atomic E-state index is 12.9. The van der Waals surface area contributed by atoms with Gasteiger partial charge < -0.3 is 20.5 Å². The van der Waals surface area contributed by atoms with E-state index < -0.39 is 0 Å². The predicted molar refractivity (Wildman–Crippen MR) is 128 cm³/mol. The average molecular weight is 446 g/mol. The first kappa shape index (κ1) is 21.1. The fourth-order valence-corrected chi connectivity index (χ4v) is 4.00. The monoisotopic (exact) mass is 445 g/mol. The lowest BCUT2D eigenvalue weighted by atomic mass is 10.1. The molecular weight excluding hydrogens is 418 g/mol. The molecule has 1 fully saturated rings. The highest BCUT2D eigenvalue weighted by Crippen LogP contribution is 2.24. The van der Waals surface area contributed by atoms with Crippen molar-refractivity contribution < 1.29 is 4.79 Å². The van der Waals surface area contributed by atoms with Crippen LogP contribution in [0.4, 0.5) is 17.2 Å². The fourth-order valence-electron chi connectivity index (χ4n) is 4.00. The molecule has 10 heteroatoms. The van der Waals surface area contributed by atoms with Gasteiger partial charge in [0.1, 0.15) is 17.5 Å². The summed E-state index contributed by atoms with van der Waals surface area (Å²) in [5.74, 6) is 0.298. The third-order valence-electron chi connectivity index (χ3n) is 5.89. The zero-order chi connectivity index (χ0) is 22.8. The Kier molecular flexibility index (Phi) is 5.76. The lowest BCUT2D eigenvalue weighted by Crippen LogP contribution is -2.43. The van der Waals surface area contributed by atoms with Crippen molar-refractivity contribution in [1.82, 2.24) is 34.9 Å². The van der Waals surface area contributed by atoms with Gasteiger partial charge in [-0.1, -0.05) is 12.1 Å². The van der Waals surface area contributed by atoms with E-state index >= 15 is 0 Å². The van der Waals surface area contributed by atoms with E-state index in [0.29, 0.717) is 17.2 Å². The number of amides is 1. The molecule has 10 nitrogen and oxygen atoms in total. The molecule has 0 atom stereocenters. The summed E-state index contributed by atoms with van der Waals surface area (Å²) >= 11 is 0. The van der Waals surface area contributed by atoms with Gasteiger partial charge in [0.05, 0.1) is 17.4 Å². The number of benzene rings is 1. The second-order valence-electron chi connectivity index (χ2n) is 8.45. The second-order valence-corrected chi connectivity index (χ2v) is 8.45. The van der Waals surface area contributed by atoms with Crippen LogP contribution >= 0.6 is 0 Å². The van der Waals surface area contributed by atoms with Gasteiger partial charge in [-0.3, -0.25) is 14.8 Å². The Labute approximate surface area is 191 Å². The van der Waals surface area contributed by atoms with Crippen LogP contribution in [-0.4, -0.2) is 74.1 Å². The molecule has 33 heavy (non-hydrogen) atoms. The van der Waals surface area contributed by atoms with Crippen molar-refractivity contribution >= 4 is 34.1 Å². The molecule has 0 aliphatic carbocycles. The molecule has 1 saturated heterocycles. The number of nitrogens with one attached hydrogen (secondary N) is 4. The summed E-state index contributed by atoms with van der Waals surface area (Å²) < 4.78 is 0. The third kappa shape index (κ3) is 4.71. The zero-order valence-corrected chi connectivity index (χ0v) is 18.7. The van der Waals surface area contributed by atoms with Gasteiger partial charge >= 0.3 is 0 Å². The van der Waals surface area contributed by atoms with Crippen molar-refractivity contribution in [3.63, 3.8) is 0 Å². The third-order valence-corrected chi connectivity index (χ3v) is 5.89. The van der Waals surface area contributed by atoms with Crippen LogP contribution in [0.3, 0.4) is 0 Å². The highest BCUT2D eigenvalue weighted by Gasteiger charge is 2.17. The zero-order valence-electron chi connectivity index (χ0n) is 18.7. The van der Waals surface area contributed by atoms with Gasteiger partial charge in [0.2, 0.25) is 0 Å². The van der Waals surface area contributed by atoms with Gasteiger partial charge in [-0.25, -0.2) is 9.97 Å². The van der Waals surface area contributed by atoms with Crippen LogP contribution in [-0.2, 0) is 6.54 Å². The fraction of sp³-hybridized carbons (Fsp3) is 0.304. The summed E-state index contributed by atoms with van der Waals surface area (Å²) in [5.41, 5.74) is 5.38. The molecule has 1 aromatic carbocycles. The normalized spacial score (nSPS) is 15.1. The predicted octanol–water partition coefficient (Wildman–Crippen LogP) is 2.73. The van der Waals surface area contributed by atoms with E-state index in [4.69, 9.17) is 0 Å². The summed E-state index contributed by atoms with van der Waals surface area (Å²) in [6.07, 6.45) is 3.05. The van der Waals surface area contributed by atoms with Gasteiger partial charge in [-0.05, 0) is 37.7 Å². The molecule has 0 bridgehead atoms. The molecule has 0 unspecified atom stereocenters. The Bertz CT molecular complexity index is 1250. The molecule has 0 saturated carbocycles. The Morgan fingerprint density at radius 1 is 1.12 bits per heavy atom. The van der Waals surface area contributed by atoms with Crippen LogP contribution in [0.5, 0.6) is 0 Å². The van der Waals surface area contributed by atoms with E-state index in [9.17, 15) is 4.79 Å². The molecule has 4 heterocycles. The summed E-state index contributed by atoms with van der Waals surface area (Å²) in [5, 5.41) is 12.9. The first-order chi connectivity index (χ1) is 16.0. The summed E-state index contributed by atoms with van der Waals surface area (Å²) in [7, 11) is 2.16. The molecule has 1 aliphatic heterocycles. The number of nitrogens with zero attached hydrogens (tertiary/aromatic N) is 5. The minimum Gasteiger partial charge on any atom is -0.354 e. The van der Waals surface area contributed by atoms with Crippen molar-refractivity contribution in [2.24, 2.45) is 0 Å². The summed E-state index contributed by atoms with van der Waals surface area (Å²) in [4.78, 5) is 29.5. The SMILES string of the molecule is Cc1cc2ncnc(Nc3cn[nH]c3C(=O)Nc3ccc(CN4CCN(C)CC4)cc3)c2[nH]1. The Hall–Kier alpha value is -3.76. The highest BCUT2D eigenvalue weighted by molar-refractivity contribution is 6.07. The number of carbonyl (C=O) groups is 1. The number of hydrogen-bond donors (Lipinski definition) is 4. The van der Waals surface area contributed by atoms with Crippen LogP contribution in [0.15, 0.2) is 42.9 Å². The van der Waals surface area contributed by atoms with Crippen molar-refractivity contribution in [3.8, 4) is 0 Å². The molecule has 4 N–H and O–H groups in total. The van der Waals surface area contributed by atoms with Crippen molar-refractivity contribution in [1.29, 1.82) is 0 Å². The number of likely N-dealkylation sites (N-methyl/N-ethyl adjacent to an activating group) is 1. The maximum Gasteiger partial charge on any atom is 0.275 e. The molecule has 170 valence electrons. The molecule has 1 aliphatic rings. The molecule has 3 aromatic heterocycles. The number of aromatic nitrogens is 5. The van der Waals surface area contributed by atoms with E-state index in [2.05, 4.69) is 64.8 Å². The number of anilines is 3. The number of H-pyrrole nitrogens is 2. The van der Waals surface area contributed by atoms with Crippen LogP contribution in [0.1, 0.15) is 21.7 Å². The Balaban J connectivity index is 1.25. The van der Waals surface area contributed by atoms with Crippen molar-refractivity contribution in [2.45, 2.75) is 13.5 Å². The number of piperazine rings is 1. The number of fused-ring (bicyclic) bond motifs is 1. The molecule has 0 radical (unpaired) electrons. The topological polar surface area (TPSA) is 118 Å². The number of hydrogen-bond acceptors (Lipinski definition) is 7. The number of aryl methyl sites for hydroxylation is 1. The minimum absolute atomic E-state index is 0.283. The average Bonchev–Trinajstić information content (AvgIpc) is 3.43. The lowest BCUT2D eigenvalue weighted by molar-refractivity contribution is 0.102. The molecular formula is C23H27N9O. The van der Waals surface area contributed by atoms with E-state index in [-0.39, 0.29) is 5.91 Å². The maximum absolute atomic E-state index is 12.9. The van der Waals surface area contributed by atoms with Crippen LogP contribution in [0.2, 0.25) is 0 Å². The van der Waals surface area contributed by atoms with E-state index in [0.717, 1.165) is 55.1 Å². The summed E-state index contributed by atoms with van der Waals surface area (Å²) in [6.45, 7) is 7.22. The standard InChI is InChI=1S/C23H27N9O/c1-15-11-18-20(27-15)22(25-14-24-18)29-19-12-26-30-21(19)23(33)28-17-5-3-16(4-6-17)13-32-9-7-31(2)8-10-32/h3-6,11-12,14,27H,7-10,13H2,1-2H3,(H,26,30)(H,28,33)(H,24,25,29). The second kappa shape index (κ2) is 9.00. The first-order valence-electron chi connectivity index (χ1n) is 11.0. The number of rotatable bonds is 6. The van der Waals surface area contributed by atoms with Crippen molar-refractivity contribution in [3.05, 3.63) is 59.8 Å². The van der Waals surface area contributed by atoms with Crippen LogP contribution < -0.4 is 10.6 Å². The van der Waals surface area contributed by atoms with E-state index in [1.165, 1.54) is 11.9 Å². The Morgan fingerprint density at radius 2 is 1.91 bits per heavy atom. The first-order valence-corrected chi connectivity index (χ1v) is 11.0. The van der Waals surface area contributed by atoms with Gasteiger partial charge in [0.25, 0.3) is 5.91 Å². The van der Waals surface area contributed by atoms with E-state index in [1.807, 2.05) is 25.1 Å². The molecule has 4 aromatic rings. The number of aromatic amines is 2. The highest BCUT2D eigenvalue weighted by atomic mass is 16.2. The molecule has 5 rings (SSSR count). The van der Waals surface area contributed by atoms with Gasteiger partial charge in [-0.15, -0.1) is 0 Å². The summed E-state index contributed by atoms with van der Waals surface area (Å²) in [6, 6.07) is 9.93. The molecule has 0 spiro atoms. The minimum atomic E-state index is -0.283. The Morgan fingerprint density at radius 3 is 2.70 bits per heavy atom. The lowest BCUT2D eigenvalue weighted by Gasteiger charge is -2.32. The van der Waals surface area contributed by atoms with E-state index in [1.54, 1.807) is 6.20 Å². The smallest absolute Gasteiger partial charge is 0.275 e. The van der Waals surface area contributed by atoms with Gasteiger partial charge in [0, 0.05) is 44.1 Å². The van der Waals surface area contributed by atoms with Crippen LogP contribution in [0.25, 0.3) is 11.0 Å².